The van der Waals surface area contributed by atoms with Crippen LogP contribution in [0.1, 0.15) is 29.5 Å². The third kappa shape index (κ3) is 5.25. The molecule has 0 saturated carbocycles. The SMILES string of the molecule is COc1ccc(C[NH+]2CCC(C(=O)NCc3ccc(C)cc3)CC2)c(OC)c1OC. The first-order valence-electron chi connectivity index (χ1n) is 10.5. The Balaban J connectivity index is 1.53. The summed E-state index contributed by atoms with van der Waals surface area (Å²) < 4.78 is 16.5. The Morgan fingerprint density at radius 2 is 1.63 bits per heavy atom. The number of benzene rings is 2. The molecule has 3 rings (SSSR count). The summed E-state index contributed by atoms with van der Waals surface area (Å²) >= 11 is 0. The minimum absolute atomic E-state index is 0.0893. The number of hydrogen-bond acceptors (Lipinski definition) is 4. The van der Waals surface area contributed by atoms with E-state index in [4.69, 9.17) is 14.2 Å². The van der Waals surface area contributed by atoms with Crippen LogP contribution in [0.5, 0.6) is 17.2 Å². The van der Waals surface area contributed by atoms with Gasteiger partial charge < -0.3 is 24.4 Å². The standard InChI is InChI=1S/C24H32N2O4/c1-17-5-7-18(8-6-17)15-25-24(27)19-11-13-26(14-12-19)16-20-9-10-21(28-2)23(30-4)22(20)29-3/h5-10,19H,11-16H2,1-4H3,(H,25,27)/p+1. The number of aryl methyl sites for hydroxylation is 1. The smallest absolute Gasteiger partial charge is 0.223 e. The lowest BCUT2D eigenvalue weighted by Crippen LogP contribution is -3.11. The molecule has 0 aromatic heterocycles. The molecule has 0 unspecified atom stereocenters. The number of hydrogen-bond donors (Lipinski definition) is 2. The van der Waals surface area contributed by atoms with Crippen LogP contribution in [0.2, 0.25) is 0 Å². The fraction of sp³-hybridized carbons (Fsp3) is 0.458. The molecule has 6 nitrogen and oxygen atoms in total. The van der Waals surface area contributed by atoms with Crippen molar-refractivity contribution < 1.29 is 23.9 Å². The average Bonchev–Trinajstić information content (AvgIpc) is 2.78. The molecule has 0 bridgehead atoms. The molecule has 0 aliphatic carbocycles. The van der Waals surface area contributed by atoms with Crippen molar-refractivity contribution >= 4 is 5.91 Å². The third-order valence-electron chi connectivity index (χ3n) is 5.88. The third-order valence-corrected chi connectivity index (χ3v) is 5.88. The van der Waals surface area contributed by atoms with Crippen molar-refractivity contribution in [1.29, 1.82) is 0 Å². The lowest BCUT2D eigenvalue weighted by Gasteiger charge is -2.29. The van der Waals surface area contributed by atoms with Gasteiger partial charge in [0.1, 0.15) is 6.54 Å². The second-order valence-corrected chi connectivity index (χ2v) is 7.90. The van der Waals surface area contributed by atoms with E-state index in [1.54, 1.807) is 21.3 Å². The first kappa shape index (κ1) is 22.0. The molecule has 0 spiro atoms. The number of amides is 1. The number of carbonyl (C=O) groups excluding carboxylic acids is 1. The van der Waals surface area contributed by atoms with Gasteiger partial charge in [0.25, 0.3) is 0 Å². The average molecular weight is 414 g/mol. The van der Waals surface area contributed by atoms with Gasteiger partial charge in [-0.25, -0.2) is 0 Å². The van der Waals surface area contributed by atoms with E-state index in [0.29, 0.717) is 18.0 Å². The molecule has 1 aliphatic heterocycles. The largest absolute Gasteiger partial charge is 0.493 e. The van der Waals surface area contributed by atoms with Crippen molar-refractivity contribution in [2.24, 2.45) is 5.92 Å². The molecule has 2 N–H and O–H groups in total. The molecular weight excluding hydrogens is 380 g/mol. The predicted molar refractivity (Wildman–Crippen MR) is 116 cm³/mol. The summed E-state index contributed by atoms with van der Waals surface area (Å²) in [5.74, 6) is 2.27. The van der Waals surface area contributed by atoms with Gasteiger partial charge >= 0.3 is 0 Å². The quantitative estimate of drug-likeness (QED) is 0.696. The number of quaternary nitrogens is 1. The Labute approximate surface area is 179 Å². The minimum Gasteiger partial charge on any atom is -0.493 e. The van der Waals surface area contributed by atoms with Gasteiger partial charge in [-0.05, 0) is 24.6 Å². The Morgan fingerprint density at radius 1 is 0.967 bits per heavy atom. The summed E-state index contributed by atoms with van der Waals surface area (Å²) in [6.45, 7) is 5.41. The number of rotatable bonds is 8. The van der Waals surface area contributed by atoms with E-state index < -0.39 is 0 Å². The minimum atomic E-state index is 0.0893. The van der Waals surface area contributed by atoms with Crippen molar-refractivity contribution in [3.8, 4) is 17.2 Å². The maximum Gasteiger partial charge on any atom is 0.223 e. The van der Waals surface area contributed by atoms with Gasteiger partial charge in [-0.2, -0.15) is 0 Å². The normalized spacial score (nSPS) is 18.5. The summed E-state index contributed by atoms with van der Waals surface area (Å²) in [5, 5.41) is 3.10. The number of nitrogens with one attached hydrogen (secondary N) is 2. The van der Waals surface area contributed by atoms with Crippen molar-refractivity contribution in [3.05, 3.63) is 53.1 Å². The highest BCUT2D eigenvalue weighted by Gasteiger charge is 2.28. The Hall–Kier alpha value is -2.73. The molecule has 1 saturated heterocycles. The summed E-state index contributed by atoms with van der Waals surface area (Å²) in [6, 6.07) is 12.2. The van der Waals surface area contributed by atoms with Crippen LogP contribution < -0.4 is 24.4 Å². The van der Waals surface area contributed by atoms with Crippen LogP contribution in [0, 0.1) is 12.8 Å². The highest BCUT2D eigenvalue weighted by Crippen LogP contribution is 2.39. The van der Waals surface area contributed by atoms with E-state index >= 15 is 0 Å². The molecule has 162 valence electrons. The molecule has 2 aromatic rings. The van der Waals surface area contributed by atoms with E-state index in [9.17, 15) is 4.79 Å². The summed E-state index contributed by atoms with van der Waals surface area (Å²) in [6.07, 6.45) is 1.79. The Kier molecular flexibility index (Phi) is 7.57. The van der Waals surface area contributed by atoms with Gasteiger partial charge in [0.2, 0.25) is 11.7 Å². The summed E-state index contributed by atoms with van der Waals surface area (Å²) in [7, 11) is 4.90. The van der Waals surface area contributed by atoms with Crippen molar-refractivity contribution in [2.45, 2.75) is 32.9 Å². The van der Waals surface area contributed by atoms with Gasteiger partial charge in [-0.1, -0.05) is 29.8 Å². The first-order chi connectivity index (χ1) is 14.5. The molecule has 1 amide bonds. The van der Waals surface area contributed by atoms with E-state index in [2.05, 4.69) is 36.5 Å². The maximum absolute atomic E-state index is 12.6. The molecule has 30 heavy (non-hydrogen) atoms. The van der Waals surface area contributed by atoms with Crippen LogP contribution in [0.25, 0.3) is 0 Å². The molecule has 1 heterocycles. The lowest BCUT2D eigenvalue weighted by atomic mass is 9.95. The van der Waals surface area contributed by atoms with Crippen molar-refractivity contribution in [2.75, 3.05) is 34.4 Å². The fourth-order valence-corrected chi connectivity index (χ4v) is 4.08. The van der Waals surface area contributed by atoms with Gasteiger partial charge in [0.15, 0.2) is 11.5 Å². The number of methoxy groups -OCH3 is 3. The summed E-state index contributed by atoms with van der Waals surface area (Å²) in [5.41, 5.74) is 3.46. The van der Waals surface area contributed by atoms with Gasteiger partial charge in [-0.3, -0.25) is 4.79 Å². The van der Waals surface area contributed by atoms with Gasteiger partial charge in [0.05, 0.1) is 40.0 Å². The molecule has 6 heteroatoms. The van der Waals surface area contributed by atoms with E-state index in [1.165, 1.54) is 10.5 Å². The highest BCUT2D eigenvalue weighted by atomic mass is 16.5. The number of piperidine rings is 1. The molecule has 0 radical (unpaired) electrons. The molecular formula is C24H33N2O4+. The van der Waals surface area contributed by atoms with Gasteiger partial charge in [-0.15, -0.1) is 0 Å². The number of likely N-dealkylation sites (tertiary alicyclic amines) is 1. The zero-order chi connectivity index (χ0) is 21.5. The van der Waals surface area contributed by atoms with Crippen molar-refractivity contribution in [1.82, 2.24) is 5.32 Å². The second-order valence-electron chi connectivity index (χ2n) is 7.90. The summed E-state index contributed by atoms with van der Waals surface area (Å²) in [4.78, 5) is 14.0. The second kappa shape index (κ2) is 10.3. The molecule has 1 aliphatic rings. The van der Waals surface area contributed by atoms with Crippen LogP contribution in [0.15, 0.2) is 36.4 Å². The Morgan fingerprint density at radius 3 is 2.23 bits per heavy atom. The van der Waals surface area contributed by atoms with Crippen LogP contribution in [0.4, 0.5) is 0 Å². The van der Waals surface area contributed by atoms with Crippen LogP contribution >= 0.6 is 0 Å². The van der Waals surface area contributed by atoms with Crippen LogP contribution in [0.3, 0.4) is 0 Å². The zero-order valence-corrected chi connectivity index (χ0v) is 18.4. The predicted octanol–water partition coefficient (Wildman–Crippen LogP) is 2.13. The topological polar surface area (TPSA) is 61.2 Å². The highest BCUT2D eigenvalue weighted by molar-refractivity contribution is 5.78. The van der Waals surface area contributed by atoms with E-state index in [0.717, 1.165) is 49.4 Å². The fourth-order valence-electron chi connectivity index (χ4n) is 4.08. The van der Waals surface area contributed by atoms with Crippen LogP contribution in [-0.2, 0) is 17.9 Å². The van der Waals surface area contributed by atoms with E-state index in [1.807, 2.05) is 12.1 Å². The number of ether oxygens (including phenoxy) is 3. The molecule has 2 aromatic carbocycles. The van der Waals surface area contributed by atoms with Crippen LogP contribution in [-0.4, -0.2) is 40.3 Å². The monoisotopic (exact) mass is 413 g/mol. The van der Waals surface area contributed by atoms with Gasteiger partial charge in [0, 0.05) is 25.3 Å². The maximum atomic E-state index is 12.6. The lowest BCUT2D eigenvalue weighted by molar-refractivity contribution is -0.919. The molecule has 0 atom stereocenters. The Bertz CT molecular complexity index is 843. The van der Waals surface area contributed by atoms with E-state index in [-0.39, 0.29) is 11.8 Å². The zero-order valence-electron chi connectivity index (χ0n) is 18.4. The first-order valence-corrected chi connectivity index (χ1v) is 10.5. The molecule has 1 fully saturated rings. The van der Waals surface area contributed by atoms with Crippen molar-refractivity contribution in [3.63, 3.8) is 0 Å². The number of carbonyl (C=O) groups is 1.